The summed E-state index contributed by atoms with van der Waals surface area (Å²) in [6.07, 6.45) is 6.39. The van der Waals surface area contributed by atoms with Crippen LogP contribution in [0.5, 0.6) is 0 Å². The fraction of sp³-hybridized carbons (Fsp3) is 0.875. The van der Waals surface area contributed by atoms with Gasteiger partial charge in [-0.05, 0) is 24.7 Å². The van der Waals surface area contributed by atoms with Crippen LogP contribution in [0.25, 0.3) is 0 Å². The topological polar surface area (TPSA) is 17.1 Å². The number of aldehydes is 1. The van der Waals surface area contributed by atoms with Gasteiger partial charge in [0, 0.05) is 5.92 Å². The van der Waals surface area contributed by atoms with Gasteiger partial charge in [-0.2, -0.15) is 0 Å². The van der Waals surface area contributed by atoms with E-state index in [9.17, 15) is 4.79 Å². The van der Waals surface area contributed by atoms with Gasteiger partial charge in [-0.15, -0.1) is 0 Å². The summed E-state index contributed by atoms with van der Waals surface area (Å²) in [5.74, 6) is 2.22. The molecule has 0 aliphatic heterocycles. The minimum atomic E-state index is 0.448. The van der Waals surface area contributed by atoms with Crippen LogP contribution in [0.1, 0.15) is 25.7 Å². The average molecular weight is 124 g/mol. The summed E-state index contributed by atoms with van der Waals surface area (Å²) >= 11 is 0. The predicted molar refractivity (Wildman–Crippen MR) is 35.0 cm³/mol. The molecule has 0 amide bonds. The molecule has 0 aromatic heterocycles. The van der Waals surface area contributed by atoms with E-state index >= 15 is 0 Å². The highest BCUT2D eigenvalue weighted by atomic mass is 16.1. The molecule has 1 heteroatoms. The molecule has 0 aromatic carbocycles. The van der Waals surface area contributed by atoms with E-state index in [1.165, 1.54) is 32.0 Å². The van der Waals surface area contributed by atoms with E-state index in [-0.39, 0.29) is 0 Å². The van der Waals surface area contributed by atoms with Crippen molar-refractivity contribution in [3.8, 4) is 0 Å². The summed E-state index contributed by atoms with van der Waals surface area (Å²) in [4.78, 5) is 10.4. The monoisotopic (exact) mass is 124 g/mol. The Kier molecular flexibility index (Phi) is 1.11. The number of rotatable bonds is 1. The van der Waals surface area contributed by atoms with E-state index in [0.717, 1.165) is 11.8 Å². The van der Waals surface area contributed by atoms with Crippen molar-refractivity contribution in [3.63, 3.8) is 0 Å². The molecule has 0 radical (unpaired) electrons. The van der Waals surface area contributed by atoms with E-state index < -0.39 is 0 Å². The van der Waals surface area contributed by atoms with Crippen molar-refractivity contribution in [2.45, 2.75) is 25.7 Å². The summed E-state index contributed by atoms with van der Waals surface area (Å²) < 4.78 is 0. The first-order valence-electron chi connectivity index (χ1n) is 3.87. The third kappa shape index (κ3) is 0.790. The molecule has 2 aliphatic carbocycles. The van der Waals surface area contributed by atoms with Crippen LogP contribution in [0, 0.1) is 17.8 Å². The number of carbonyl (C=O) groups excluding carboxylic acids is 1. The van der Waals surface area contributed by atoms with Gasteiger partial charge in [-0.1, -0.05) is 12.8 Å². The normalized spacial score (nSPS) is 47.8. The molecule has 0 bridgehead atoms. The predicted octanol–water partition coefficient (Wildman–Crippen LogP) is 1.62. The van der Waals surface area contributed by atoms with Gasteiger partial charge in [0.15, 0.2) is 0 Å². The third-order valence-electron chi connectivity index (χ3n) is 2.81. The lowest BCUT2D eigenvalue weighted by Gasteiger charge is -2.14. The molecule has 2 saturated carbocycles. The minimum absolute atomic E-state index is 0.448. The number of fused-ring (bicyclic) bond motifs is 1. The molecule has 1 nitrogen and oxygen atoms in total. The van der Waals surface area contributed by atoms with Crippen molar-refractivity contribution in [2.24, 2.45) is 17.8 Å². The molecule has 3 atom stereocenters. The Morgan fingerprint density at radius 1 is 1.33 bits per heavy atom. The Morgan fingerprint density at radius 3 is 2.89 bits per heavy atom. The van der Waals surface area contributed by atoms with Crippen molar-refractivity contribution in [1.29, 1.82) is 0 Å². The maximum absolute atomic E-state index is 10.4. The molecular formula is C8H12O. The number of hydrogen-bond acceptors (Lipinski definition) is 1. The molecule has 2 rings (SSSR count). The lowest BCUT2D eigenvalue weighted by molar-refractivity contribution is -0.112. The second-order valence-corrected chi connectivity index (χ2v) is 3.39. The van der Waals surface area contributed by atoms with E-state index in [0.29, 0.717) is 5.92 Å². The van der Waals surface area contributed by atoms with Gasteiger partial charge in [0.25, 0.3) is 0 Å². The lowest BCUT2D eigenvalue weighted by atomic mass is 9.90. The standard InChI is InChI=1S/C8H12O/c9-5-7-3-1-2-6-4-8(6)7/h5-8H,1-4H2. The van der Waals surface area contributed by atoms with Crippen LogP contribution < -0.4 is 0 Å². The molecule has 0 heterocycles. The fourth-order valence-corrected chi connectivity index (χ4v) is 2.13. The van der Waals surface area contributed by atoms with Gasteiger partial charge in [0.2, 0.25) is 0 Å². The molecule has 50 valence electrons. The van der Waals surface area contributed by atoms with Crippen LogP contribution in [0.3, 0.4) is 0 Å². The Morgan fingerprint density at radius 2 is 2.22 bits per heavy atom. The highest BCUT2D eigenvalue weighted by Gasteiger charge is 2.44. The first-order chi connectivity index (χ1) is 4.42. The van der Waals surface area contributed by atoms with Crippen LogP contribution in [-0.4, -0.2) is 6.29 Å². The molecule has 2 aliphatic rings. The van der Waals surface area contributed by atoms with Gasteiger partial charge >= 0.3 is 0 Å². The molecule has 0 N–H and O–H groups in total. The van der Waals surface area contributed by atoms with Crippen molar-refractivity contribution in [1.82, 2.24) is 0 Å². The summed E-state index contributed by atoms with van der Waals surface area (Å²) in [6, 6.07) is 0. The van der Waals surface area contributed by atoms with Crippen molar-refractivity contribution in [3.05, 3.63) is 0 Å². The molecule has 3 unspecified atom stereocenters. The largest absolute Gasteiger partial charge is 0.303 e. The summed E-state index contributed by atoms with van der Waals surface area (Å²) in [6.45, 7) is 0. The second-order valence-electron chi connectivity index (χ2n) is 3.39. The number of hydrogen-bond donors (Lipinski definition) is 0. The van der Waals surface area contributed by atoms with Crippen LogP contribution in [0.2, 0.25) is 0 Å². The quantitative estimate of drug-likeness (QED) is 0.485. The zero-order valence-electron chi connectivity index (χ0n) is 5.55. The Balaban J connectivity index is 2.00. The Bertz CT molecular complexity index is 131. The van der Waals surface area contributed by atoms with Crippen LogP contribution in [0.15, 0.2) is 0 Å². The molecular weight excluding hydrogens is 112 g/mol. The summed E-state index contributed by atoms with van der Waals surface area (Å²) in [5.41, 5.74) is 0. The maximum Gasteiger partial charge on any atom is 0.123 e. The average Bonchev–Trinajstić information content (AvgIpc) is 2.64. The van der Waals surface area contributed by atoms with E-state index in [1.807, 2.05) is 0 Å². The fourth-order valence-electron chi connectivity index (χ4n) is 2.13. The Hall–Kier alpha value is -0.330. The van der Waals surface area contributed by atoms with Crippen LogP contribution >= 0.6 is 0 Å². The van der Waals surface area contributed by atoms with Gasteiger partial charge in [0.1, 0.15) is 6.29 Å². The van der Waals surface area contributed by atoms with Crippen molar-refractivity contribution >= 4 is 6.29 Å². The highest BCUT2D eigenvalue weighted by Crippen LogP contribution is 2.51. The zero-order valence-corrected chi connectivity index (χ0v) is 5.55. The smallest absolute Gasteiger partial charge is 0.123 e. The SMILES string of the molecule is O=CC1CCCC2CC12. The first kappa shape index (κ1) is 5.45. The van der Waals surface area contributed by atoms with Gasteiger partial charge in [-0.25, -0.2) is 0 Å². The third-order valence-corrected chi connectivity index (χ3v) is 2.81. The van der Waals surface area contributed by atoms with Crippen LogP contribution in [-0.2, 0) is 4.79 Å². The number of carbonyl (C=O) groups is 1. The molecule has 0 aromatic rings. The van der Waals surface area contributed by atoms with Crippen molar-refractivity contribution < 1.29 is 4.79 Å². The molecule has 2 fully saturated rings. The zero-order chi connectivity index (χ0) is 6.27. The van der Waals surface area contributed by atoms with E-state index in [4.69, 9.17) is 0 Å². The summed E-state index contributed by atoms with van der Waals surface area (Å²) in [5, 5.41) is 0. The Labute approximate surface area is 55.4 Å². The summed E-state index contributed by atoms with van der Waals surface area (Å²) in [7, 11) is 0. The first-order valence-corrected chi connectivity index (χ1v) is 3.87. The van der Waals surface area contributed by atoms with Gasteiger partial charge < -0.3 is 4.79 Å². The minimum Gasteiger partial charge on any atom is -0.303 e. The van der Waals surface area contributed by atoms with Gasteiger partial charge in [-0.3, -0.25) is 0 Å². The van der Waals surface area contributed by atoms with Crippen LogP contribution in [0.4, 0.5) is 0 Å². The second kappa shape index (κ2) is 1.83. The highest BCUT2D eigenvalue weighted by molar-refractivity contribution is 5.55. The van der Waals surface area contributed by atoms with E-state index in [2.05, 4.69) is 0 Å². The molecule has 0 saturated heterocycles. The maximum atomic E-state index is 10.4. The molecule has 9 heavy (non-hydrogen) atoms. The van der Waals surface area contributed by atoms with Gasteiger partial charge in [0.05, 0.1) is 0 Å². The van der Waals surface area contributed by atoms with E-state index in [1.54, 1.807) is 0 Å². The van der Waals surface area contributed by atoms with Crippen molar-refractivity contribution in [2.75, 3.05) is 0 Å². The lowest BCUT2D eigenvalue weighted by Crippen LogP contribution is -2.10. The molecule has 0 spiro atoms.